The molecular weight excluding hydrogens is 246 g/mol. The van der Waals surface area contributed by atoms with Gasteiger partial charge in [0.1, 0.15) is 4.90 Å². The van der Waals surface area contributed by atoms with E-state index in [0.29, 0.717) is 0 Å². The summed E-state index contributed by atoms with van der Waals surface area (Å²) in [5.74, 6) is -0.967. The Balaban J connectivity index is 2.77. The predicted octanol–water partition coefficient (Wildman–Crippen LogP) is -0.161. The standard InChI is InChI=1S/C9H15N3O4S/c1-7(9(13)16-3)6-12(2)17(14,15)8-4-10-11-5-8/h4-5,7H,6H2,1-3H3,(H,10,11). The summed E-state index contributed by atoms with van der Waals surface area (Å²) in [7, 11) is -0.929. The lowest BCUT2D eigenvalue weighted by molar-refractivity contribution is -0.144. The number of nitrogens with zero attached hydrogens (tertiary/aromatic N) is 2. The molecular formula is C9H15N3O4S. The number of carbonyl (C=O) groups excluding carboxylic acids is 1. The molecule has 0 aliphatic heterocycles. The number of hydrogen-bond acceptors (Lipinski definition) is 5. The summed E-state index contributed by atoms with van der Waals surface area (Å²) in [5, 5.41) is 6.01. The molecule has 1 unspecified atom stereocenters. The summed E-state index contributed by atoms with van der Waals surface area (Å²) in [6.07, 6.45) is 2.50. The summed E-state index contributed by atoms with van der Waals surface area (Å²) in [6, 6.07) is 0. The predicted molar refractivity (Wildman–Crippen MR) is 59.6 cm³/mol. The maximum Gasteiger partial charge on any atom is 0.309 e. The highest BCUT2D eigenvalue weighted by Crippen LogP contribution is 2.13. The van der Waals surface area contributed by atoms with Crippen LogP contribution in [0.25, 0.3) is 0 Å². The molecule has 0 saturated carbocycles. The SMILES string of the molecule is COC(=O)C(C)CN(C)S(=O)(=O)c1cn[nH]c1. The number of sulfonamides is 1. The molecule has 1 aromatic heterocycles. The molecule has 0 saturated heterocycles. The summed E-state index contributed by atoms with van der Waals surface area (Å²) < 4.78 is 29.5. The molecule has 0 fully saturated rings. The highest BCUT2D eigenvalue weighted by atomic mass is 32.2. The number of nitrogens with one attached hydrogen (secondary N) is 1. The van der Waals surface area contributed by atoms with Crippen LogP contribution in [0.4, 0.5) is 0 Å². The monoisotopic (exact) mass is 261 g/mol. The molecule has 0 spiro atoms. The zero-order chi connectivity index (χ0) is 13.1. The van der Waals surface area contributed by atoms with Crippen molar-refractivity contribution in [3.63, 3.8) is 0 Å². The Morgan fingerprint density at radius 2 is 2.29 bits per heavy atom. The molecule has 1 heterocycles. The number of H-pyrrole nitrogens is 1. The Morgan fingerprint density at radius 1 is 1.65 bits per heavy atom. The van der Waals surface area contributed by atoms with Crippen molar-refractivity contribution in [3.8, 4) is 0 Å². The molecule has 1 atom stereocenters. The zero-order valence-corrected chi connectivity index (χ0v) is 10.7. The summed E-state index contributed by atoms with van der Waals surface area (Å²) in [4.78, 5) is 11.3. The van der Waals surface area contributed by atoms with Crippen LogP contribution < -0.4 is 0 Å². The van der Waals surface area contributed by atoms with Gasteiger partial charge in [0.05, 0.1) is 19.2 Å². The highest BCUT2D eigenvalue weighted by Gasteiger charge is 2.25. The molecule has 0 radical (unpaired) electrons. The van der Waals surface area contributed by atoms with Crippen molar-refractivity contribution in [2.75, 3.05) is 20.7 Å². The maximum absolute atomic E-state index is 12.0. The van der Waals surface area contributed by atoms with Gasteiger partial charge in [0.15, 0.2) is 0 Å². The second-order valence-electron chi connectivity index (χ2n) is 3.64. The fourth-order valence-electron chi connectivity index (χ4n) is 1.32. The largest absolute Gasteiger partial charge is 0.469 e. The quantitative estimate of drug-likeness (QED) is 0.743. The lowest BCUT2D eigenvalue weighted by Crippen LogP contribution is -2.34. The summed E-state index contributed by atoms with van der Waals surface area (Å²) in [5.41, 5.74) is 0. The smallest absolute Gasteiger partial charge is 0.309 e. The fourth-order valence-corrected chi connectivity index (χ4v) is 2.49. The van der Waals surface area contributed by atoms with E-state index in [2.05, 4.69) is 14.9 Å². The first kappa shape index (κ1) is 13.7. The van der Waals surface area contributed by atoms with Crippen molar-refractivity contribution in [1.29, 1.82) is 0 Å². The molecule has 1 N–H and O–H groups in total. The third-order valence-corrected chi connectivity index (χ3v) is 4.10. The van der Waals surface area contributed by atoms with Gasteiger partial charge in [-0.25, -0.2) is 8.42 Å². The van der Waals surface area contributed by atoms with E-state index in [1.807, 2.05) is 0 Å². The van der Waals surface area contributed by atoms with Crippen LogP contribution >= 0.6 is 0 Å². The van der Waals surface area contributed by atoms with Gasteiger partial charge in [0.2, 0.25) is 10.0 Å². The van der Waals surface area contributed by atoms with Crippen molar-refractivity contribution in [2.45, 2.75) is 11.8 Å². The number of esters is 1. The van der Waals surface area contributed by atoms with Crippen molar-refractivity contribution in [3.05, 3.63) is 12.4 Å². The minimum Gasteiger partial charge on any atom is -0.469 e. The van der Waals surface area contributed by atoms with Gasteiger partial charge < -0.3 is 4.74 Å². The van der Waals surface area contributed by atoms with Crippen LogP contribution in [0.15, 0.2) is 17.3 Å². The first-order valence-corrected chi connectivity index (χ1v) is 6.36. The minimum absolute atomic E-state index is 0.0557. The number of ether oxygens (including phenoxy) is 1. The van der Waals surface area contributed by atoms with E-state index in [-0.39, 0.29) is 11.4 Å². The van der Waals surface area contributed by atoms with Crippen LogP contribution in [0.2, 0.25) is 0 Å². The highest BCUT2D eigenvalue weighted by molar-refractivity contribution is 7.89. The number of hydrogen-bond donors (Lipinski definition) is 1. The van der Waals surface area contributed by atoms with E-state index >= 15 is 0 Å². The van der Waals surface area contributed by atoms with Gasteiger partial charge in [-0.15, -0.1) is 0 Å². The van der Waals surface area contributed by atoms with E-state index in [4.69, 9.17) is 0 Å². The molecule has 1 rings (SSSR count). The van der Waals surface area contributed by atoms with Crippen LogP contribution in [-0.4, -0.2) is 49.6 Å². The number of aromatic nitrogens is 2. The van der Waals surface area contributed by atoms with Crippen molar-refractivity contribution < 1.29 is 17.9 Å². The van der Waals surface area contributed by atoms with Crippen molar-refractivity contribution >= 4 is 16.0 Å². The summed E-state index contributed by atoms with van der Waals surface area (Å²) >= 11 is 0. The molecule has 0 bridgehead atoms. The van der Waals surface area contributed by atoms with Crippen LogP contribution in [0.5, 0.6) is 0 Å². The molecule has 96 valence electrons. The molecule has 17 heavy (non-hydrogen) atoms. The van der Waals surface area contributed by atoms with E-state index in [1.54, 1.807) is 6.92 Å². The maximum atomic E-state index is 12.0. The van der Waals surface area contributed by atoms with Gasteiger partial charge in [-0.3, -0.25) is 9.89 Å². The Kier molecular flexibility index (Phi) is 4.24. The molecule has 7 nitrogen and oxygen atoms in total. The van der Waals surface area contributed by atoms with Gasteiger partial charge in [-0.2, -0.15) is 9.40 Å². The minimum atomic E-state index is -3.60. The first-order chi connectivity index (χ1) is 7.89. The molecule has 1 aromatic rings. The third-order valence-electron chi connectivity index (χ3n) is 2.32. The van der Waals surface area contributed by atoms with Crippen LogP contribution in [-0.2, 0) is 19.6 Å². The number of aromatic amines is 1. The molecule has 0 aromatic carbocycles. The fraction of sp³-hybridized carbons (Fsp3) is 0.556. The Morgan fingerprint density at radius 3 is 2.76 bits per heavy atom. The topological polar surface area (TPSA) is 92.4 Å². The van der Waals surface area contributed by atoms with Gasteiger partial charge in [0.25, 0.3) is 0 Å². The lowest BCUT2D eigenvalue weighted by Gasteiger charge is -2.18. The van der Waals surface area contributed by atoms with E-state index in [0.717, 1.165) is 4.31 Å². The normalized spacial score (nSPS) is 13.6. The number of carbonyl (C=O) groups is 1. The Labute approximate surface area is 99.8 Å². The van der Waals surface area contributed by atoms with Gasteiger partial charge in [-0.05, 0) is 0 Å². The van der Waals surface area contributed by atoms with Crippen LogP contribution in [0, 0.1) is 5.92 Å². The van der Waals surface area contributed by atoms with E-state index in [1.165, 1.54) is 26.6 Å². The second kappa shape index (κ2) is 5.28. The average molecular weight is 261 g/mol. The second-order valence-corrected chi connectivity index (χ2v) is 5.69. The lowest BCUT2D eigenvalue weighted by atomic mass is 10.2. The average Bonchev–Trinajstić information content (AvgIpc) is 2.81. The molecule has 0 amide bonds. The van der Waals surface area contributed by atoms with Crippen LogP contribution in [0.3, 0.4) is 0 Å². The van der Waals surface area contributed by atoms with E-state index in [9.17, 15) is 13.2 Å². The van der Waals surface area contributed by atoms with Crippen molar-refractivity contribution in [1.82, 2.24) is 14.5 Å². The van der Waals surface area contributed by atoms with Crippen molar-refractivity contribution in [2.24, 2.45) is 5.92 Å². The van der Waals surface area contributed by atoms with E-state index < -0.39 is 21.9 Å². The van der Waals surface area contributed by atoms with Crippen LogP contribution in [0.1, 0.15) is 6.92 Å². The number of methoxy groups -OCH3 is 1. The number of rotatable bonds is 5. The Hall–Kier alpha value is -1.41. The zero-order valence-electron chi connectivity index (χ0n) is 9.87. The molecule has 0 aliphatic carbocycles. The Bertz CT molecular complexity index is 468. The van der Waals surface area contributed by atoms with Gasteiger partial charge >= 0.3 is 5.97 Å². The summed E-state index contributed by atoms with van der Waals surface area (Å²) in [6.45, 7) is 1.66. The molecule has 8 heteroatoms. The van der Waals surface area contributed by atoms with Gasteiger partial charge in [-0.1, -0.05) is 6.92 Å². The third kappa shape index (κ3) is 3.04. The first-order valence-electron chi connectivity index (χ1n) is 4.92. The molecule has 0 aliphatic rings. The van der Waals surface area contributed by atoms with Gasteiger partial charge in [0, 0.05) is 19.8 Å².